The molecule has 0 aromatic heterocycles. The molecular weight excluding hydrogens is 202 g/mol. The molecule has 2 bridgehead atoms. The molecule has 3 heterocycles. The summed E-state index contributed by atoms with van der Waals surface area (Å²) in [7, 11) is 0. The van der Waals surface area contributed by atoms with Gasteiger partial charge >= 0.3 is 5.97 Å². The van der Waals surface area contributed by atoms with Gasteiger partial charge in [-0.3, -0.25) is 4.90 Å². The Bertz CT molecular complexity index is 426. The van der Waals surface area contributed by atoms with Gasteiger partial charge in [-0.05, 0) is 19.4 Å². The Hall–Kier alpha value is -1.09. The quantitative estimate of drug-likeness (QED) is 0.574. The lowest BCUT2D eigenvalue weighted by Crippen LogP contribution is -2.48. The third-order valence-corrected chi connectivity index (χ3v) is 4.56. The summed E-state index contributed by atoms with van der Waals surface area (Å²) in [6.45, 7) is 1.16. The zero-order valence-electron chi connectivity index (χ0n) is 9.19. The van der Waals surface area contributed by atoms with E-state index < -0.39 is 0 Å². The summed E-state index contributed by atoms with van der Waals surface area (Å²) in [6.07, 6.45) is 10.7. The molecule has 3 atom stereocenters. The van der Waals surface area contributed by atoms with Crippen molar-refractivity contribution in [2.24, 2.45) is 0 Å². The van der Waals surface area contributed by atoms with E-state index in [1.807, 2.05) is 0 Å². The number of nitrogens with zero attached hydrogens (tertiary/aromatic N) is 1. The molecule has 0 N–H and O–H groups in total. The van der Waals surface area contributed by atoms with Crippen molar-refractivity contribution in [3.8, 4) is 0 Å². The second-order valence-corrected chi connectivity index (χ2v) is 5.29. The third kappa shape index (κ3) is 0.908. The molecule has 0 saturated carbocycles. The Morgan fingerprint density at radius 1 is 1.44 bits per heavy atom. The lowest BCUT2D eigenvalue weighted by atomic mass is 9.80. The minimum Gasteiger partial charge on any atom is -0.449 e. The molecule has 4 rings (SSSR count). The first-order valence-corrected chi connectivity index (χ1v) is 6.19. The molecule has 1 aliphatic carbocycles. The Morgan fingerprint density at radius 2 is 2.38 bits per heavy atom. The molecule has 16 heavy (non-hydrogen) atoms. The van der Waals surface area contributed by atoms with E-state index in [0.717, 1.165) is 18.5 Å². The van der Waals surface area contributed by atoms with Gasteiger partial charge in [0.05, 0.1) is 6.04 Å². The first kappa shape index (κ1) is 8.99. The highest BCUT2D eigenvalue weighted by molar-refractivity contribution is 5.88. The second-order valence-electron chi connectivity index (χ2n) is 5.29. The minimum absolute atomic E-state index is 0.146. The SMILES string of the molecule is O=C1C=C2C=C[C@@H]3CC2(O1)[C@H]1CCCCN31. The van der Waals surface area contributed by atoms with Gasteiger partial charge in [-0.15, -0.1) is 0 Å². The molecule has 4 aliphatic rings. The van der Waals surface area contributed by atoms with Crippen molar-refractivity contribution >= 4 is 5.97 Å². The molecule has 0 aromatic carbocycles. The molecule has 2 fully saturated rings. The lowest BCUT2D eigenvalue weighted by molar-refractivity contribution is -0.148. The normalized spacial score (nSPS) is 45.0. The molecule has 84 valence electrons. The Balaban J connectivity index is 1.84. The van der Waals surface area contributed by atoms with Gasteiger partial charge in [0.15, 0.2) is 5.60 Å². The van der Waals surface area contributed by atoms with Crippen LogP contribution in [0.2, 0.25) is 0 Å². The highest BCUT2D eigenvalue weighted by atomic mass is 16.6. The number of carbonyl (C=O) groups is 1. The summed E-state index contributed by atoms with van der Waals surface area (Å²) in [5, 5.41) is 0. The molecular formula is C13H15NO2. The topological polar surface area (TPSA) is 29.5 Å². The Labute approximate surface area is 94.8 Å². The van der Waals surface area contributed by atoms with Gasteiger partial charge < -0.3 is 4.74 Å². The van der Waals surface area contributed by atoms with Crippen molar-refractivity contribution in [1.82, 2.24) is 4.90 Å². The van der Waals surface area contributed by atoms with E-state index in [1.54, 1.807) is 6.08 Å². The van der Waals surface area contributed by atoms with Crippen molar-refractivity contribution in [2.45, 2.75) is 43.4 Å². The van der Waals surface area contributed by atoms with E-state index in [9.17, 15) is 4.79 Å². The monoisotopic (exact) mass is 217 g/mol. The van der Waals surface area contributed by atoms with Crippen LogP contribution in [-0.4, -0.2) is 35.1 Å². The van der Waals surface area contributed by atoms with Crippen molar-refractivity contribution in [3.63, 3.8) is 0 Å². The van der Waals surface area contributed by atoms with E-state index in [2.05, 4.69) is 17.1 Å². The fraction of sp³-hybridized carbons (Fsp3) is 0.615. The predicted octanol–water partition coefficient (Wildman–Crippen LogP) is 1.41. The van der Waals surface area contributed by atoms with Gasteiger partial charge in [0.25, 0.3) is 0 Å². The maximum absolute atomic E-state index is 11.5. The zero-order chi connectivity index (χ0) is 10.8. The molecule has 3 nitrogen and oxygen atoms in total. The number of fused-ring (bicyclic) bond motifs is 3. The molecule has 1 unspecified atom stereocenters. The minimum atomic E-state index is -0.281. The van der Waals surface area contributed by atoms with E-state index in [0.29, 0.717) is 12.1 Å². The standard InChI is InChI=1S/C13H15NO2/c15-12-7-9-4-5-10-8-13(9,16-12)11-3-1-2-6-14(10)11/h4-5,7,10-11H,1-3,6,8H2/t10-,11-,13?/m1/s1. The zero-order valence-corrected chi connectivity index (χ0v) is 9.19. The average Bonchev–Trinajstić information content (AvgIpc) is 2.76. The van der Waals surface area contributed by atoms with E-state index in [1.165, 1.54) is 19.3 Å². The summed E-state index contributed by atoms with van der Waals surface area (Å²) in [5.74, 6) is -0.146. The summed E-state index contributed by atoms with van der Waals surface area (Å²) in [5.41, 5.74) is 0.833. The van der Waals surface area contributed by atoms with Crippen LogP contribution in [0.5, 0.6) is 0 Å². The van der Waals surface area contributed by atoms with Crippen LogP contribution in [0.1, 0.15) is 25.7 Å². The van der Waals surface area contributed by atoms with Crippen molar-refractivity contribution in [2.75, 3.05) is 6.54 Å². The summed E-state index contributed by atoms with van der Waals surface area (Å²) >= 11 is 0. The van der Waals surface area contributed by atoms with Crippen LogP contribution in [0.4, 0.5) is 0 Å². The first-order chi connectivity index (χ1) is 7.79. The van der Waals surface area contributed by atoms with Crippen molar-refractivity contribution < 1.29 is 9.53 Å². The molecule has 2 saturated heterocycles. The van der Waals surface area contributed by atoms with Crippen LogP contribution in [0.25, 0.3) is 0 Å². The van der Waals surface area contributed by atoms with Gasteiger partial charge in [-0.2, -0.15) is 0 Å². The molecule has 0 amide bonds. The van der Waals surface area contributed by atoms with Crippen molar-refractivity contribution in [3.05, 3.63) is 23.8 Å². The fourth-order valence-corrected chi connectivity index (χ4v) is 3.94. The van der Waals surface area contributed by atoms with Crippen LogP contribution in [0.3, 0.4) is 0 Å². The molecule has 0 radical (unpaired) electrons. The number of hydrogen-bond acceptors (Lipinski definition) is 3. The number of piperidine rings is 1. The van der Waals surface area contributed by atoms with E-state index in [-0.39, 0.29) is 11.6 Å². The Kier molecular flexibility index (Phi) is 1.56. The molecule has 3 aliphatic heterocycles. The van der Waals surface area contributed by atoms with Gasteiger partial charge in [0.1, 0.15) is 0 Å². The summed E-state index contributed by atoms with van der Waals surface area (Å²) < 4.78 is 5.69. The molecule has 1 spiro atoms. The number of esters is 1. The number of hydrogen-bond donors (Lipinski definition) is 0. The average molecular weight is 217 g/mol. The van der Waals surface area contributed by atoms with Crippen LogP contribution in [0, 0.1) is 0 Å². The maximum Gasteiger partial charge on any atom is 0.332 e. The van der Waals surface area contributed by atoms with Crippen LogP contribution in [0.15, 0.2) is 23.8 Å². The van der Waals surface area contributed by atoms with Crippen LogP contribution < -0.4 is 0 Å². The third-order valence-electron chi connectivity index (χ3n) is 4.56. The first-order valence-electron chi connectivity index (χ1n) is 6.19. The highest BCUT2D eigenvalue weighted by Gasteiger charge is 2.59. The number of carbonyl (C=O) groups excluding carboxylic acids is 1. The largest absolute Gasteiger partial charge is 0.449 e. The van der Waals surface area contributed by atoms with Gasteiger partial charge in [0, 0.05) is 24.1 Å². The molecule has 0 aromatic rings. The maximum atomic E-state index is 11.5. The number of ether oxygens (including phenoxy) is 1. The lowest BCUT2D eigenvalue weighted by Gasteiger charge is -2.37. The highest BCUT2D eigenvalue weighted by Crippen LogP contribution is 2.51. The fourth-order valence-electron chi connectivity index (χ4n) is 3.94. The van der Waals surface area contributed by atoms with Crippen LogP contribution in [-0.2, 0) is 9.53 Å². The van der Waals surface area contributed by atoms with Crippen LogP contribution >= 0.6 is 0 Å². The van der Waals surface area contributed by atoms with Gasteiger partial charge in [0.2, 0.25) is 0 Å². The van der Waals surface area contributed by atoms with Crippen molar-refractivity contribution in [1.29, 1.82) is 0 Å². The van der Waals surface area contributed by atoms with Gasteiger partial charge in [-0.25, -0.2) is 4.79 Å². The van der Waals surface area contributed by atoms with E-state index in [4.69, 9.17) is 4.74 Å². The summed E-state index contributed by atoms with van der Waals surface area (Å²) in [4.78, 5) is 14.1. The van der Waals surface area contributed by atoms with Gasteiger partial charge in [-0.1, -0.05) is 18.6 Å². The predicted molar refractivity (Wildman–Crippen MR) is 58.8 cm³/mol. The number of rotatable bonds is 0. The second kappa shape index (κ2) is 2.77. The summed E-state index contributed by atoms with van der Waals surface area (Å²) in [6, 6.07) is 0.923. The smallest absolute Gasteiger partial charge is 0.332 e. The Morgan fingerprint density at radius 3 is 3.31 bits per heavy atom. The van der Waals surface area contributed by atoms with E-state index >= 15 is 0 Å². The molecule has 3 heteroatoms.